The van der Waals surface area contributed by atoms with Gasteiger partial charge in [-0.05, 0) is 31.2 Å². The number of carbonyl (C=O) groups excluding carboxylic acids is 2. The number of ether oxygens (including phenoxy) is 2. The van der Waals surface area contributed by atoms with Gasteiger partial charge < -0.3 is 14.8 Å². The first-order chi connectivity index (χ1) is 14.3. The maximum Gasteiger partial charge on any atom is 0.586 e. The highest BCUT2D eigenvalue weighted by Gasteiger charge is 2.43. The average molecular weight is 431 g/mol. The summed E-state index contributed by atoms with van der Waals surface area (Å²) < 4.78 is 35.8. The topological polar surface area (TPSA) is 89.0 Å². The summed E-state index contributed by atoms with van der Waals surface area (Å²) in [5, 5.41) is 9.48. The fraction of sp³-hybridized carbons (Fsp3) is 0.150. The van der Waals surface area contributed by atoms with E-state index in [0.717, 1.165) is 21.7 Å². The van der Waals surface area contributed by atoms with Gasteiger partial charge in [0.1, 0.15) is 0 Å². The molecule has 1 aliphatic heterocycles. The zero-order valence-corrected chi connectivity index (χ0v) is 16.4. The summed E-state index contributed by atoms with van der Waals surface area (Å²) in [4.78, 5) is 24.2. The molecule has 0 fully saturated rings. The van der Waals surface area contributed by atoms with Gasteiger partial charge in [0.15, 0.2) is 11.5 Å². The number of thiophene rings is 1. The standard InChI is InChI=1S/C20H15F2N3O4S/c1-11(14-10-30-17-5-3-2-4-13(14)17)24-25-18(26)9-23-19(27)12-6-7-15-16(8-12)29-20(21,22)28-15/h2-8,10H,9H2,1H3,(H,23,27)(H,25,26). The van der Waals surface area contributed by atoms with Crippen LogP contribution in [0, 0.1) is 0 Å². The van der Waals surface area contributed by atoms with Gasteiger partial charge in [0.05, 0.1) is 12.3 Å². The molecule has 0 unspecified atom stereocenters. The highest BCUT2D eigenvalue weighted by molar-refractivity contribution is 7.17. The molecule has 0 aliphatic carbocycles. The lowest BCUT2D eigenvalue weighted by Gasteiger charge is -2.06. The van der Waals surface area contributed by atoms with Gasteiger partial charge in [-0.1, -0.05) is 18.2 Å². The van der Waals surface area contributed by atoms with Crippen LogP contribution in [0.1, 0.15) is 22.8 Å². The smallest absolute Gasteiger partial charge is 0.395 e. The SMILES string of the molecule is CC(=NNC(=O)CNC(=O)c1ccc2c(c1)OC(F)(F)O2)c1csc2ccccc12. The molecule has 2 aromatic carbocycles. The number of hydrazone groups is 1. The van der Waals surface area contributed by atoms with Crippen molar-refractivity contribution in [3.05, 3.63) is 59.0 Å². The van der Waals surface area contributed by atoms with Crippen LogP contribution < -0.4 is 20.2 Å². The zero-order valence-electron chi connectivity index (χ0n) is 15.6. The molecular formula is C20H15F2N3O4S. The van der Waals surface area contributed by atoms with Gasteiger partial charge in [-0.15, -0.1) is 20.1 Å². The Morgan fingerprint density at radius 1 is 1.13 bits per heavy atom. The van der Waals surface area contributed by atoms with Crippen molar-refractivity contribution < 1.29 is 27.8 Å². The minimum atomic E-state index is -3.76. The van der Waals surface area contributed by atoms with Gasteiger partial charge in [-0.3, -0.25) is 9.59 Å². The van der Waals surface area contributed by atoms with Crippen molar-refractivity contribution in [3.63, 3.8) is 0 Å². The van der Waals surface area contributed by atoms with Crippen LogP contribution in [0.5, 0.6) is 11.5 Å². The second-order valence-corrected chi connectivity index (χ2v) is 7.30. The third-order valence-corrected chi connectivity index (χ3v) is 5.26. The Hall–Kier alpha value is -3.53. The first-order valence-corrected chi connectivity index (χ1v) is 9.68. The van der Waals surface area contributed by atoms with E-state index < -0.39 is 18.1 Å². The van der Waals surface area contributed by atoms with E-state index in [4.69, 9.17) is 0 Å². The summed E-state index contributed by atoms with van der Waals surface area (Å²) in [6.07, 6.45) is -3.76. The fourth-order valence-electron chi connectivity index (χ4n) is 2.86. The number of rotatable bonds is 5. The molecule has 1 aromatic heterocycles. The van der Waals surface area contributed by atoms with Gasteiger partial charge >= 0.3 is 6.29 Å². The van der Waals surface area contributed by atoms with Crippen LogP contribution >= 0.6 is 11.3 Å². The van der Waals surface area contributed by atoms with Crippen molar-refractivity contribution in [2.24, 2.45) is 5.10 Å². The molecular weight excluding hydrogens is 416 g/mol. The molecule has 0 saturated heterocycles. The van der Waals surface area contributed by atoms with Crippen molar-refractivity contribution in [2.45, 2.75) is 13.2 Å². The maximum atomic E-state index is 13.1. The number of benzene rings is 2. The molecule has 0 spiro atoms. The zero-order chi connectivity index (χ0) is 21.3. The van der Waals surface area contributed by atoms with Gasteiger partial charge in [0.2, 0.25) is 0 Å². The highest BCUT2D eigenvalue weighted by Crippen LogP contribution is 2.41. The molecule has 4 rings (SSSR count). The second-order valence-electron chi connectivity index (χ2n) is 6.39. The van der Waals surface area contributed by atoms with E-state index in [1.807, 2.05) is 29.6 Å². The molecule has 7 nitrogen and oxygen atoms in total. The molecule has 2 amide bonds. The normalized spacial score (nSPS) is 14.6. The number of carbonyl (C=O) groups is 2. The Morgan fingerprint density at radius 2 is 1.90 bits per heavy atom. The monoisotopic (exact) mass is 431 g/mol. The summed E-state index contributed by atoms with van der Waals surface area (Å²) in [5.74, 6) is -1.58. The van der Waals surface area contributed by atoms with E-state index >= 15 is 0 Å². The summed E-state index contributed by atoms with van der Waals surface area (Å²) >= 11 is 1.58. The van der Waals surface area contributed by atoms with Gasteiger partial charge in [-0.2, -0.15) is 5.10 Å². The first kappa shape index (κ1) is 19.8. The predicted octanol–water partition coefficient (Wildman–Crippen LogP) is 3.49. The third-order valence-electron chi connectivity index (χ3n) is 4.29. The molecule has 3 aromatic rings. The molecule has 1 aliphatic rings. The molecule has 30 heavy (non-hydrogen) atoms. The van der Waals surface area contributed by atoms with E-state index in [9.17, 15) is 18.4 Å². The Kier molecular flexibility index (Phi) is 5.08. The number of hydrogen-bond donors (Lipinski definition) is 2. The van der Waals surface area contributed by atoms with Crippen molar-refractivity contribution in [1.82, 2.24) is 10.7 Å². The molecule has 0 bridgehead atoms. The van der Waals surface area contributed by atoms with Crippen LogP contribution in [0.4, 0.5) is 8.78 Å². The molecule has 0 saturated carbocycles. The quantitative estimate of drug-likeness (QED) is 0.478. The summed E-state index contributed by atoms with van der Waals surface area (Å²) in [5.41, 5.74) is 3.98. The van der Waals surface area contributed by atoms with Gasteiger partial charge in [0, 0.05) is 26.6 Å². The van der Waals surface area contributed by atoms with E-state index in [1.54, 1.807) is 18.3 Å². The van der Waals surface area contributed by atoms with Crippen LogP contribution in [-0.2, 0) is 4.79 Å². The lowest BCUT2D eigenvalue weighted by molar-refractivity contribution is -0.286. The maximum absolute atomic E-state index is 13.1. The van der Waals surface area contributed by atoms with Crippen molar-refractivity contribution in [2.75, 3.05) is 6.54 Å². The van der Waals surface area contributed by atoms with Crippen molar-refractivity contribution >= 4 is 38.9 Å². The number of hydrogen-bond acceptors (Lipinski definition) is 6. The van der Waals surface area contributed by atoms with Crippen LogP contribution in [0.15, 0.2) is 52.9 Å². The molecule has 154 valence electrons. The largest absolute Gasteiger partial charge is 0.586 e. The number of fused-ring (bicyclic) bond motifs is 2. The molecule has 2 heterocycles. The molecule has 0 radical (unpaired) electrons. The van der Waals surface area contributed by atoms with Crippen LogP contribution in [0.25, 0.3) is 10.1 Å². The number of nitrogens with zero attached hydrogens (tertiary/aromatic N) is 1. The van der Waals surface area contributed by atoms with E-state index in [0.29, 0.717) is 5.71 Å². The van der Waals surface area contributed by atoms with Gasteiger partial charge in [-0.25, -0.2) is 5.43 Å². The Morgan fingerprint density at radius 3 is 2.73 bits per heavy atom. The highest BCUT2D eigenvalue weighted by atomic mass is 32.1. The summed E-state index contributed by atoms with van der Waals surface area (Å²) in [7, 11) is 0. The number of halogens is 2. The molecule has 10 heteroatoms. The van der Waals surface area contributed by atoms with Crippen LogP contribution in [-0.4, -0.2) is 30.4 Å². The number of alkyl halides is 2. The molecule has 2 N–H and O–H groups in total. The van der Waals surface area contributed by atoms with Crippen molar-refractivity contribution in [1.29, 1.82) is 0 Å². The van der Waals surface area contributed by atoms with Crippen molar-refractivity contribution in [3.8, 4) is 11.5 Å². The first-order valence-electron chi connectivity index (χ1n) is 8.80. The minimum absolute atomic E-state index is 0.0484. The minimum Gasteiger partial charge on any atom is -0.395 e. The fourth-order valence-corrected chi connectivity index (χ4v) is 3.86. The lowest BCUT2D eigenvalue weighted by Crippen LogP contribution is -2.35. The van der Waals surface area contributed by atoms with E-state index in [1.165, 1.54) is 12.1 Å². The second kappa shape index (κ2) is 7.71. The summed E-state index contributed by atoms with van der Waals surface area (Å²) in [6, 6.07) is 11.5. The number of amides is 2. The van der Waals surface area contributed by atoms with Crippen LogP contribution in [0.3, 0.4) is 0 Å². The van der Waals surface area contributed by atoms with E-state index in [2.05, 4.69) is 25.3 Å². The Bertz CT molecular complexity index is 1180. The van der Waals surface area contributed by atoms with Crippen LogP contribution in [0.2, 0.25) is 0 Å². The summed E-state index contributed by atoms with van der Waals surface area (Å²) in [6.45, 7) is 1.43. The predicted molar refractivity (Wildman–Crippen MR) is 107 cm³/mol. The lowest BCUT2D eigenvalue weighted by atomic mass is 10.1. The number of nitrogens with one attached hydrogen (secondary N) is 2. The molecule has 0 atom stereocenters. The average Bonchev–Trinajstić information content (AvgIpc) is 3.28. The van der Waals surface area contributed by atoms with E-state index in [-0.39, 0.29) is 23.6 Å². The van der Waals surface area contributed by atoms with Gasteiger partial charge in [0.25, 0.3) is 11.8 Å². The Balaban J connectivity index is 1.34. The Labute approximate surface area is 173 Å². The third kappa shape index (κ3) is 4.08.